The van der Waals surface area contributed by atoms with E-state index in [-0.39, 0.29) is 59.1 Å². The second kappa shape index (κ2) is 31.0. The summed E-state index contributed by atoms with van der Waals surface area (Å²) in [4.78, 5) is 35.5. The van der Waals surface area contributed by atoms with Gasteiger partial charge in [-0.05, 0) is 0 Å². The van der Waals surface area contributed by atoms with Gasteiger partial charge in [-0.1, -0.05) is 50.5 Å². The van der Waals surface area contributed by atoms with E-state index in [1.165, 1.54) is 0 Å². The predicted octanol–water partition coefficient (Wildman–Crippen LogP) is 1.08. The van der Waals surface area contributed by atoms with E-state index in [0.29, 0.717) is 0 Å². The van der Waals surface area contributed by atoms with Gasteiger partial charge in [-0.15, -0.1) is 0 Å². The third kappa shape index (κ3) is 2800. The molecule has 0 aliphatic rings. The standard InChI is InChI=1S/4CH2O2S.2Na.2H/c4*2-1(3)4;;;;/h4*4H,(H,2,3);;;;. The third-order valence-electron chi connectivity index (χ3n) is 0. The maximum absolute atomic E-state index is 8.86. The Bertz CT molecular complexity index is 173. The normalized spacial score (nSPS) is 5.56. The molecule has 0 aliphatic carbocycles. The van der Waals surface area contributed by atoms with Crippen LogP contribution in [0.15, 0.2) is 0 Å². The molecule has 0 aliphatic heterocycles. The summed E-state index contributed by atoms with van der Waals surface area (Å²) in [6, 6.07) is 0. The van der Waals surface area contributed by atoms with Crippen LogP contribution in [-0.4, -0.2) is 101 Å². The second-order valence-electron chi connectivity index (χ2n) is 1.13. The number of hydrogen-bond donors (Lipinski definition) is 8. The average Bonchev–Trinajstić information content (AvgIpc) is 1.76. The van der Waals surface area contributed by atoms with Crippen LogP contribution >= 0.6 is 50.5 Å². The molecule has 14 heteroatoms. The summed E-state index contributed by atoms with van der Waals surface area (Å²) in [5.74, 6) is 0. The Balaban J connectivity index is -0.0000000257. The summed E-state index contributed by atoms with van der Waals surface area (Å²) in [7, 11) is 0. The Morgan fingerprint density at radius 1 is 0.500 bits per heavy atom. The van der Waals surface area contributed by atoms with Crippen molar-refractivity contribution in [2.45, 2.75) is 0 Å². The summed E-state index contributed by atoms with van der Waals surface area (Å²) >= 11 is 11.5. The van der Waals surface area contributed by atoms with Gasteiger partial charge in [-0.25, -0.2) is 19.2 Å². The zero-order chi connectivity index (χ0) is 14.3. The van der Waals surface area contributed by atoms with E-state index in [1.54, 1.807) is 0 Å². The summed E-state index contributed by atoms with van der Waals surface area (Å²) in [5.41, 5.74) is 0. The second-order valence-corrected chi connectivity index (χ2v) is 2.66. The van der Waals surface area contributed by atoms with Crippen molar-refractivity contribution in [1.29, 1.82) is 0 Å². The first kappa shape index (κ1) is 36.5. The van der Waals surface area contributed by atoms with Crippen molar-refractivity contribution < 1.29 is 39.6 Å². The van der Waals surface area contributed by atoms with Crippen molar-refractivity contribution >= 4 is 131 Å². The third-order valence-corrected chi connectivity index (χ3v) is 0. The van der Waals surface area contributed by atoms with Gasteiger partial charge in [0.1, 0.15) is 0 Å². The van der Waals surface area contributed by atoms with Gasteiger partial charge >= 0.3 is 80.3 Å². The van der Waals surface area contributed by atoms with Crippen LogP contribution in [0.2, 0.25) is 0 Å². The van der Waals surface area contributed by atoms with Gasteiger partial charge in [0.2, 0.25) is 0 Å². The SMILES string of the molecule is O=C(O)S.O=C(O)S.O=C(O)S.O=C(O)S.[NaH].[NaH]. The van der Waals surface area contributed by atoms with Crippen molar-refractivity contribution in [3.05, 3.63) is 0 Å². The molecule has 0 radical (unpaired) electrons. The van der Waals surface area contributed by atoms with Crippen LogP contribution in [0.4, 0.5) is 19.2 Å². The van der Waals surface area contributed by atoms with Crippen molar-refractivity contribution in [3.63, 3.8) is 0 Å². The van der Waals surface area contributed by atoms with E-state index >= 15 is 0 Å². The molecule has 0 aromatic rings. The maximum atomic E-state index is 8.86. The van der Waals surface area contributed by atoms with E-state index in [4.69, 9.17) is 39.6 Å². The van der Waals surface area contributed by atoms with Crippen LogP contribution in [0.3, 0.4) is 0 Å². The molecule has 18 heavy (non-hydrogen) atoms. The number of hydrogen-bond acceptors (Lipinski definition) is 4. The summed E-state index contributed by atoms with van der Waals surface area (Å²) in [6.07, 6.45) is 0. The van der Waals surface area contributed by atoms with Gasteiger partial charge < -0.3 is 20.4 Å². The molecule has 4 N–H and O–H groups in total. The van der Waals surface area contributed by atoms with Crippen molar-refractivity contribution in [1.82, 2.24) is 0 Å². The van der Waals surface area contributed by atoms with Crippen LogP contribution in [0, 0.1) is 0 Å². The monoisotopic (exact) mass is 360 g/mol. The molecule has 0 heterocycles. The Morgan fingerprint density at radius 3 is 0.500 bits per heavy atom. The topological polar surface area (TPSA) is 149 Å². The molecule has 0 fully saturated rings. The van der Waals surface area contributed by atoms with E-state index in [9.17, 15) is 0 Å². The van der Waals surface area contributed by atoms with Crippen LogP contribution < -0.4 is 0 Å². The fraction of sp³-hybridized carbons (Fsp3) is 0. The zero-order valence-electron chi connectivity index (χ0n) is 7.21. The summed E-state index contributed by atoms with van der Waals surface area (Å²) in [6.45, 7) is 0. The first-order valence-corrected chi connectivity index (χ1v) is 4.39. The Morgan fingerprint density at radius 2 is 0.500 bits per heavy atom. The first-order valence-electron chi connectivity index (χ1n) is 2.61. The Labute approximate surface area is 168 Å². The molecule has 0 spiro atoms. The molecule has 8 nitrogen and oxygen atoms in total. The number of thiol groups is 4. The summed E-state index contributed by atoms with van der Waals surface area (Å²) < 4.78 is 0. The van der Waals surface area contributed by atoms with Crippen LogP contribution in [0.5, 0.6) is 0 Å². The van der Waals surface area contributed by atoms with Crippen LogP contribution in [-0.2, 0) is 0 Å². The van der Waals surface area contributed by atoms with Crippen molar-refractivity contribution in [2.75, 3.05) is 0 Å². The molecule has 0 amide bonds. The fourth-order valence-electron chi connectivity index (χ4n) is 0. The van der Waals surface area contributed by atoms with E-state index in [1.807, 2.05) is 0 Å². The Kier molecular flexibility index (Phi) is 62.8. The van der Waals surface area contributed by atoms with Gasteiger partial charge in [0, 0.05) is 0 Å². The van der Waals surface area contributed by atoms with E-state index in [2.05, 4.69) is 50.5 Å². The minimum atomic E-state index is -1.14. The molecular formula is C4H10Na2O8S4. The van der Waals surface area contributed by atoms with Crippen LogP contribution in [0.1, 0.15) is 0 Å². The quantitative estimate of drug-likeness (QED) is 0.236. The van der Waals surface area contributed by atoms with Crippen molar-refractivity contribution in [2.24, 2.45) is 0 Å². The van der Waals surface area contributed by atoms with Crippen LogP contribution in [0.25, 0.3) is 0 Å². The first-order chi connectivity index (χ1) is 6.93. The van der Waals surface area contributed by atoms with Gasteiger partial charge in [-0.3, -0.25) is 0 Å². The fourth-order valence-corrected chi connectivity index (χ4v) is 0. The molecule has 0 aromatic heterocycles. The molecule has 100 valence electrons. The average molecular weight is 360 g/mol. The van der Waals surface area contributed by atoms with Gasteiger partial charge in [-0.2, -0.15) is 0 Å². The molecule has 0 rings (SSSR count). The van der Waals surface area contributed by atoms with E-state index < -0.39 is 21.2 Å². The molecule has 0 bridgehead atoms. The molecule has 0 aromatic carbocycles. The van der Waals surface area contributed by atoms with Gasteiger partial charge in [0.05, 0.1) is 0 Å². The molecule has 0 atom stereocenters. The van der Waals surface area contributed by atoms with Gasteiger partial charge in [0.25, 0.3) is 0 Å². The molecule has 0 saturated heterocycles. The number of carboxylic acid groups (broad SMARTS) is 4. The minimum absolute atomic E-state index is 0. The number of carbonyl (C=O) groups is 4. The number of rotatable bonds is 0. The molecule has 0 saturated carbocycles. The van der Waals surface area contributed by atoms with Crippen molar-refractivity contribution in [3.8, 4) is 0 Å². The zero-order valence-corrected chi connectivity index (χ0v) is 10.8. The molecular weight excluding hydrogens is 350 g/mol. The summed E-state index contributed by atoms with van der Waals surface area (Å²) in [5, 5.41) is 24.6. The molecule has 0 unspecified atom stereocenters. The predicted molar refractivity (Wildman–Crippen MR) is 82.3 cm³/mol. The van der Waals surface area contributed by atoms with E-state index in [0.717, 1.165) is 0 Å². The Hall–Kier alpha value is 1.28. The van der Waals surface area contributed by atoms with Gasteiger partial charge in [0.15, 0.2) is 0 Å².